The first kappa shape index (κ1) is 59.6. The predicted octanol–water partition coefficient (Wildman–Crippen LogP) is 20.6. The van der Waals surface area contributed by atoms with E-state index in [-0.39, 0.29) is 45.1 Å². The lowest BCUT2D eigenvalue weighted by Gasteiger charge is -2.73. The van der Waals surface area contributed by atoms with Crippen molar-refractivity contribution in [2.75, 3.05) is 6.61 Å². The molecule has 5 rings (SSSR count). The zero-order valence-electron chi connectivity index (χ0n) is 48.2. The van der Waals surface area contributed by atoms with E-state index < -0.39 is 0 Å². The second kappa shape index (κ2) is 29.7. The molecule has 5 aliphatic carbocycles. The van der Waals surface area contributed by atoms with E-state index in [2.05, 4.69) is 62.0 Å². The summed E-state index contributed by atoms with van der Waals surface area (Å²) in [6, 6.07) is 0. The van der Waals surface area contributed by atoms with Crippen LogP contribution >= 0.6 is 0 Å². The van der Waals surface area contributed by atoms with Crippen LogP contribution in [0.25, 0.3) is 0 Å². The molecule has 0 unspecified atom stereocenters. The summed E-state index contributed by atoms with van der Waals surface area (Å²) in [6.45, 7) is 25.2. The highest BCUT2D eigenvalue weighted by atomic mass is 16.5. The Morgan fingerprint density at radius 1 is 0.471 bits per heavy atom. The first-order chi connectivity index (χ1) is 33.7. The monoisotopic (exact) mass is 975 g/mol. The molecule has 0 N–H and O–H groups in total. The number of hydrogen-bond acceptors (Lipinski definition) is 4. The Bertz CT molecular complexity index is 1510. The Balaban J connectivity index is 1.03. The van der Waals surface area contributed by atoms with Crippen LogP contribution in [0.4, 0.5) is 0 Å². The Hall–Kier alpha value is -1.32. The van der Waals surface area contributed by atoms with Crippen molar-refractivity contribution in [3.63, 3.8) is 0 Å². The van der Waals surface area contributed by atoms with E-state index in [1.54, 1.807) is 0 Å². The maximum Gasteiger partial charge on any atom is 0.306 e. The molecule has 0 saturated heterocycles. The molecule has 5 saturated carbocycles. The SMILES string of the molecule is C=C(C)[C@@H]1CC[C@]2(COC(=O)CCCCCCCCCCCCCCCCC)CC[C@]3(C)[C@H](CC[C@@H]4[C@@]5(C)CC[C@H](OC(=O)CCCCCCCCCCCCCCCCC)C(C)(C)[C@@H]5CC[C@]43C)[C@@H]12. The molecule has 0 bridgehead atoms. The lowest BCUT2D eigenvalue weighted by molar-refractivity contribution is -0.252. The van der Waals surface area contributed by atoms with Gasteiger partial charge < -0.3 is 9.47 Å². The van der Waals surface area contributed by atoms with Gasteiger partial charge in [0.05, 0.1) is 6.61 Å². The van der Waals surface area contributed by atoms with E-state index in [1.165, 1.54) is 230 Å². The molecule has 4 heteroatoms. The standard InChI is InChI=1S/C66H118O4/c1-10-12-14-16-18-20-22-24-26-28-30-32-34-36-38-40-59(67)69-52-66-49-44-54(53(3)4)61(66)55-42-43-57-63(7)47-46-58(62(5,6)56(63)45-48-65(57,9)64(55,8)50-51-66)70-60(68)41-39-37-35-33-31-29-27-25-23-21-19-17-15-13-11-2/h54-58,61H,3,10-52H2,1-2,4-9H3/t54-,55+,56-,57+,58-,61+,63-,64+,65+,66+/m0/s1. The molecule has 0 heterocycles. The van der Waals surface area contributed by atoms with Crippen molar-refractivity contribution in [2.45, 2.75) is 331 Å². The molecule has 5 aliphatic rings. The van der Waals surface area contributed by atoms with Crippen LogP contribution in [0.5, 0.6) is 0 Å². The molecule has 4 nitrogen and oxygen atoms in total. The third kappa shape index (κ3) is 15.6. The maximum absolute atomic E-state index is 13.4. The second-order valence-electron chi connectivity index (χ2n) is 26.9. The van der Waals surface area contributed by atoms with Crippen LogP contribution in [0.15, 0.2) is 12.2 Å². The van der Waals surface area contributed by atoms with Gasteiger partial charge in [0.15, 0.2) is 0 Å². The number of rotatable bonds is 36. The first-order valence-corrected chi connectivity index (χ1v) is 31.7. The Labute approximate surface area is 435 Å². The highest BCUT2D eigenvalue weighted by Gasteiger charge is 2.71. The molecule has 5 fully saturated rings. The summed E-state index contributed by atoms with van der Waals surface area (Å²) < 4.78 is 12.9. The largest absolute Gasteiger partial charge is 0.465 e. The Morgan fingerprint density at radius 3 is 1.40 bits per heavy atom. The van der Waals surface area contributed by atoms with Gasteiger partial charge in [0.2, 0.25) is 0 Å². The average Bonchev–Trinajstić information content (AvgIpc) is 3.72. The van der Waals surface area contributed by atoms with Gasteiger partial charge >= 0.3 is 11.9 Å². The van der Waals surface area contributed by atoms with Crippen LogP contribution in [-0.4, -0.2) is 24.6 Å². The van der Waals surface area contributed by atoms with Crippen LogP contribution in [-0.2, 0) is 19.1 Å². The number of ether oxygens (including phenoxy) is 2. The van der Waals surface area contributed by atoms with Crippen LogP contribution < -0.4 is 0 Å². The van der Waals surface area contributed by atoms with Gasteiger partial charge in [-0.1, -0.05) is 240 Å². The van der Waals surface area contributed by atoms with Gasteiger partial charge in [0, 0.05) is 23.7 Å². The number of hydrogen-bond donors (Lipinski definition) is 0. The van der Waals surface area contributed by atoms with Gasteiger partial charge in [-0.2, -0.15) is 0 Å². The number of unbranched alkanes of at least 4 members (excludes halogenated alkanes) is 28. The Morgan fingerprint density at radius 2 is 0.929 bits per heavy atom. The average molecular weight is 976 g/mol. The fourth-order valence-corrected chi connectivity index (χ4v) is 17.5. The third-order valence-corrected chi connectivity index (χ3v) is 21.9. The van der Waals surface area contributed by atoms with E-state index in [0.29, 0.717) is 49.0 Å². The van der Waals surface area contributed by atoms with Crippen LogP contribution in [0.2, 0.25) is 0 Å². The van der Waals surface area contributed by atoms with Crippen molar-refractivity contribution in [2.24, 2.45) is 56.7 Å². The molecule has 0 radical (unpaired) electrons. The normalized spacial score (nSPS) is 32.1. The van der Waals surface area contributed by atoms with Gasteiger partial charge in [-0.3, -0.25) is 9.59 Å². The van der Waals surface area contributed by atoms with Crippen LogP contribution in [0, 0.1) is 56.7 Å². The maximum atomic E-state index is 13.4. The third-order valence-electron chi connectivity index (χ3n) is 21.9. The zero-order chi connectivity index (χ0) is 50.5. The molecule has 0 spiro atoms. The number of carbonyl (C=O) groups is 2. The number of fused-ring (bicyclic) bond motifs is 7. The van der Waals surface area contributed by atoms with Gasteiger partial charge in [-0.15, -0.1) is 0 Å². The highest BCUT2D eigenvalue weighted by molar-refractivity contribution is 5.69. The molecule has 70 heavy (non-hydrogen) atoms. The van der Waals surface area contributed by atoms with Crippen molar-refractivity contribution < 1.29 is 19.1 Å². The predicted molar refractivity (Wildman–Crippen MR) is 299 cm³/mol. The summed E-state index contributed by atoms with van der Waals surface area (Å²) >= 11 is 0. The summed E-state index contributed by atoms with van der Waals surface area (Å²) in [6.07, 6.45) is 53.5. The lowest BCUT2D eigenvalue weighted by atomic mass is 9.32. The minimum Gasteiger partial charge on any atom is -0.465 e. The van der Waals surface area contributed by atoms with Gasteiger partial charge in [0.1, 0.15) is 6.10 Å². The van der Waals surface area contributed by atoms with Crippen molar-refractivity contribution in [1.82, 2.24) is 0 Å². The smallest absolute Gasteiger partial charge is 0.306 e. The number of carbonyl (C=O) groups excluding carboxylic acids is 2. The van der Waals surface area contributed by atoms with Crippen molar-refractivity contribution >= 4 is 11.9 Å². The number of allylic oxidation sites excluding steroid dienone is 1. The lowest BCUT2D eigenvalue weighted by Crippen LogP contribution is -2.67. The molecule has 0 aromatic rings. The quantitative estimate of drug-likeness (QED) is 0.0357. The van der Waals surface area contributed by atoms with Crippen LogP contribution in [0.1, 0.15) is 325 Å². The minimum absolute atomic E-state index is 0.0225. The van der Waals surface area contributed by atoms with E-state index >= 15 is 0 Å². The van der Waals surface area contributed by atoms with E-state index in [1.807, 2.05) is 0 Å². The molecule has 10 atom stereocenters. The summed E-state index contributed by atoms with van der Waals surface area (Å²) in [5.74, 6) is 3.08. The summed E-state index contributed by atoms with van der Waals surface area (Å²) in [5, 5.41) is 0. The fraction of sp³-hybridized carbons (Fsp3) is 0.939. The van der Waals surface area contributed by atoms with Crippen LogP contribution in [0.3, 0.4) is 0 Å². The first-order valence-electron chi connectivity index (χ1n) is 31.7. The summed E-state index contributed by atoms with van der Waals surface area (Å²) in [5.41, 5.74) is 2.21. The topological polar surface area (TPSA) is 52.6 Å². The van der Waals surface area contributed by atoms with Gasteiger partial charge in [-0.25, -0.2) is 0 Å². The van der Waals surface area contributed by atoms with E-state index in [9.17, 15) is 9.59 Å². The molecule has 406 valence electrons. The second-order valence-corrected chi connectivity index (χ2v) is 26.9. The number of esters is 2. The van der Waals surface area contributed by atoms with E-state index in [0.717, 1.165) is 32.1 Å². The molecule has 0 aromatic heterocycles. The van der Waals surface area contributed by atoms with Crippen molar-refractivity contribution in [1.29, 1.82) is 0 Å². The summed E-state index contributed by atoms with van der Waals surface area (Å²) in [7, 11) is 0. The van der Waals surface area contributed by atoms with Crippen molar-refractivity contribution in [3.8, 4) is 0 Å². The Kier molecular flexibility index (Phi) is 25.3. The molecular formula is C66H118O4. The van der Waals surface area contributed by atoms with Gasteiger partial charge in [-0.05, 0) is 130 Å². The minimum atomic E-state index is -0.0225. The zero-order valence-corrected chi connectivity index (χ0v) is 48.2. The molecule has 0 aromatic carbocycles. The molecule has 0 amide bonds. The summed E-state index contributed by atoms with van der Waals surface area (Å²) in [4.78, 5) is 26.8. The fourth-order valence-electron chi connectivity index (χ4n) is 17.5. The van der Waals surface area contributed by atoms with Crippen molar-refractivity contribution in [3.05, 3.63) is 12.2 Å². The van der Waals surface area contributed by atoms with E-state index in [4.69, 9.17) is 9.47 Å². The molecule has 0 aliphatic heterocycles. The molecular weight excluding hydrogens is 857 g/mol. The van der Waals surface area contributed by atoms with Gasteiger partial charge in [0.25, 0.3) is 0 Å². The highest BCUT2D eigenvalue weighted by Crippen LogP contribution is 2.77.